The molecule has 2 N–H and O–H groups in total. The molecule has 10 rings (SSSR count). The average Bonchev–Trinajstić information content (AvgIpc) is 4.02. The van der Waals surface area contributed by atoms with Crippen LogP contribution >= 0.6 is 21.6 Å². The largest absolute Gasteiger partial charge is 0.493 e. The molecule has 5 aromatic rings. The van der Waals surface area contributed by atoms with Crippen LogP contribution in [0.4, 0.5) is 22.7 Å². The van der Waals surface area contributed by atoms with Gasteiger partial charge in [0.15, 0.2) is 34.5 Å². The number of carbonyl (C=O) groups is 4. The number of aromatic nitrogens is 1. The molecule has 4 aromatic carbocycles. The molecule has 0 spiro atoms. The first-order chi connectivity index (χ1) is 36.0. The lowest BCUT2D eigenvalue weighted by molar-refractivity contribution is -0.220. The number of nitrogens with zero attached hydrogens (tertiary/aromatic N) is 6. The lowest BCUT2D eigenvalue weighted by Gasteiger charge is -2.35. The quantitative estimate of drug-likeness (QED) is 0.0505. The number of aliphatic hydroxyl groups excluding tert-OH is 1. The van der Waals surface area contributed by atoms with Crippen LogP contribution in [0.3, 0.4) is 0 Å². The van der Waals surface area contributed by atoms with E-state index in [0.717, 1.165) is 22.5 Å². The molecule has 1 fully saturated rings. The summed E-state index contributed by atoms with van der Waals surface area (Å²) in [7, 11) is 0.832. The number of hydrogen-bond donors (Lipinski definition) is 2. The molecule has 0 bridgehead atoms. The summed E-state index contributed by atoms with van der Waals surface area (Å²) >= 11 is 0. The fourth-order valence-electron chi connectivity index (χ4n) is 10.1. The third-order valence-corrected chi connectivity index (χ3v) is 18.0. The smallest absolute Gasteiger partial charge is 0.353 e. The van der Waals surface area contributed by atoms with Gasteiger partial charge in [-0.15, -0.1) is 5.06 Å². The SMILES string of the molecule is COc1cc2c(cc1OCc1cccc(COc3cc4c(cc3OC)C(=O)N3c5ccccc5C[C@H]3CN4CC(C)(C)SSCCC(C(=O)ON3C(=O)CCC3O)S(=O)(=O)O)n1)N=C[C@@H]1Cc3ccccc3N1C2=O. The third-order valence-electron chi connectivity index (χ3n) is 13.6. The summed E-state index contributed by atoms with van der Waals surface area (Å²) in [4.78, 5) is 73.9. The van der Waals surface area contributed by atoms with Crippen LogP contribution in [0.25, 0.3) is 0 Å². The monoisotopic (exact) mass is 1080 g/mol. The molecule has 5 aliphatic heterocycles. The maximum Gasteiger partial charge on any atom is 0.353 e. The first-order valence-electron chi connectivity index (χ1n) is 24.3. The fraction of sp³-hybridized carbons (Fsp3) is 0.358. The molecule has 22 heteroatoms. The van der Waals surface area contributed by atoms with Crippen molar-refractivity contribution >= 4 is 84.4 Å². The first kappa shape index (κ1) is 51.6. The number of fused-ring (bicyclic) bond motifs is 8. The number of hydroxylamine groups is 2. The highest BCUT2D eigenvalue weighted by Gasteiger charge is 2.43. The molecule has 5 aliphatic rings. The summed E-state index contributed by atoms with van der Waals surface area (Å²) in [5, 5.41) is 8.48. The average molecular weight is 1080 g/mol. The number of ether oxygens (including phenoxy) is 4. The van der Waals surface area contributed by atoms with Crippen molar-refractivity contribution in [3.05, 3.63) is 125 Å². The van der Waals surface area contributed by atoms with E-state index in [-0.39, 0.29) is 62.1 Å². The molecule has 1 aromatic heterocycles. The Morgan fingerprint density at radius 2 is 1.43 bits per heavy atom. The first-order valence-corrected chi connectivity index (χ1v) is 28.1. The van der Waals surface area contributed by atoms with Crippen molar-refractivity contribution in [2.45, 2.75) is 87.5 Å². The van der Waals surface area contributed by atoms with E-state index >= 15 is 0 Å². The number of para-hydroxylation sites is 2. The minimum atomic E-state index is -4.93. The molecule has 0 aliphatic carbocycles. The van der Waals surface area contributed by atoms with Gasteiger partial charge in [0.05, 0.1) is 60.2 Å². The summed E-state index contributed by atoms with van der Waals surface area (Å²) in [6.45, 7) is 4.98. The van der Waals surface area contributed by atoms with Crippen LogP contribution < -0.4 is 33.6 Å². The van der Waals surface area contributed by atoms with E-state index in [0.29, 0.717) is 87.9 Å². The molecule has 392 valence electrons. The van der Waals surface area contributed by atoms with Crippen molar-refractivity contribution in [2.24, 2.45) is 4.99 Å². The summed E-state index contributed by atoms with van der Waals surface area (Å²) in [6, 6.07) is 27.7. The van der Waals surface area contributed by atoms with E-state index in [4.69, 9.17) is 33.8 Å². The van der Waals surface area contributed by atoms with Gasteiger partial charge in [0, 0.05) is 72.6 Å². The minimum Gasteiger partial charge on any atom is -0.493 e. The van der Waals surface area contributed by atoms with Crippen LogP contribution in [0, 0.1) is 0 Å². The van der Waals surface area contributed by atoms with Gasteiger partial charge in [-0.3, -0.25) is 33.8 Å². The van der Waals surface area contributed by atoms with E-state index in [1.165, 1.54) is 35.8 Å². The summed E-state index contributed by atoms with van der Waals surface area (Å²) in [5.41, 5.74) is 6.95. The standard InChI is InChI=1S/C53H54N6O13S3/c1-53(2,74-73-19-18-47(75(65,66)67)52(64)72-59-48(60)16-17-49(59)61)30-56-27-36-21-32-11-6-8-15-41(32)58(36)51(63)38-23-44(69-4)46(25-42(38)56)71-29-34-13-9-12-33(55-34)28-70-45-24-39-37(22-43(45)68-3)50(62)57-35(26-54-39)20-31-10-5-7-14-40(31)57/h5-15,22-26,35-36,47-48,60H,16-21,27-30H2,1-4H3,(H,65,66,67)/t35-,36-,47?,48?/m0/s1. The van der Waals surface area contributed by atoms with E-state index in [1.54, 1.807) is 29.3 Å². The van der Waals surface area contributed by atoms with Gasteiger partial charge in [-0.25, -0.2) is 4.79 Å². The molecule has 4 atom stereocenters. The van der Waals surface area contributed by atoms with Crippen LogP contribution in [-0.4, -0.2) is 119 Å². The second kappa shape index (κ2) is 21.0. The number of amides is 3. The molecule has 6 heterocycles. The van der Waals surface area contributed by atoms with E-state index in [9.17, 15) is 37.3 Å². The van der Waals surface area contributed by atoms with Gasteiger partial charge in [-0.1, -0.05) is 64.1 Å². The molecular formula is C53H54N6O13S3. The number of benzene rings is 4. The van der Waals surface area contributed by atoms with Gasteiger partial charge in [0.2, 0.25) is 0 Å². The van der Waals surface area contributed by atoms with Gasteiger partial charge in [0.1, 0.15) is 13.2 Å². The second-order valence-corrected chi connectivity index (χ2v) is 24.0. The van der Waals surface area contributed by atoms with Crippen molar-refractivity contribution in [2.75, 3.05) is 47.8 Å². The van der Waals surface area contributed by atoms with Crippen LogP contribution in [0.15, 0.2) is 96.0 Å². The Hall–Kier alpha value is -6.85. The van der Waals surface area contributed by atoms with E-state index in [2.05, 4.69) is 4.90 Å². The number of rotatable bonds is 18. The highest BCUT2D eigenvalue weighted by Crippen LogP contribution is 2.46. The number of methoxy groups -OCH3 is 2. The van der Waals surface area contributed by atoms with Crippen LogP contribution in [0.2, 0.25) is 0 Å². The maximum absolute atomic E-state index is 14.7. The minimum absolute atomic E-state index is 0.0189. The molecule has 2 unspecified atom stereocenters. The van der Waals surface area contributed by atoms with Gasteiger partial charge in [-0.2, -0.15) is 8.42 Å². The van der Waals surface area contributed by atoms with Crippen LogP contribution in [0.5, 0.6) is 23.0 Å². The zero-order valence-electron chi connectivity index (χ0n) is 41.4. The van der Waals surface area contributed by atoms with Crippen molar-refractivity contribution in [3.8, 4) is 23.0 Å². The Morgan fingerprint density at radius 3 is 2.08 bits per heavy atom. The fourth-order valence-corrected chi connectivity index (χ4v) is 13.5. The Bertz CT molecular complexity index is 3230. The Balaban J connectivity index is 0.843. The third kappa shape index (κ3) is 10.6. The zero-order chi connectivity index (χ0) is 52.8. The number of carbonyl (C=O) groups excluding carboxylic acids is 4. The summed E-state index contributed by atoms with van der Waals surface area (Å²) in [5.74, 6) is -0.819. The zero-order valence-corrected chi connectivity index (χ0v) is 43.9. The molecule has 0 radical (unpaired) electrons. The number of anilines is 3. The van der Waals surface area contributed by atoms with Crippen molar-refractivity contribution in [1.29, 1.82) is 0 Å². The molecule has 0 saturated carbocycles. The van der Waals surface area contributed by atoms with Crippen LogP contribution in [-0.2, 0) is 50.6 Å². The van der Waals surface area contributed by atoms with E-state index in [1.807, 2.05) is 91.5 Å². The summed E-state index contributed by atoms with van der Waals surface area (Å²) < 4.78 is 58.4. The number of hydrogen-bond acceptors (Lipinski definition) is 17. The van der Waals surface area contributed by atoms with E-state index < -0.39 is 38.2 Å². The molecular weight excluding hydrogens is 1020 g/mol. The van der Waals surface area contributed by atoms with Crippen molar-refractivity contribution in [1.82, 2.24) is 10.0 Å². The van der Waals surface area contributed by atoms with Gasteiger partial charge < -0.3 is 38.7 Å². The number of aliphatic imine (C=N–C) groups is 1. The Morgan fingerprint density at radius 1 is 0.800 bits per heavy atom. The molecule has 19 nitrogen and oxygen atoms in total. The predicted octanol–water partition coefficient (Wildman–Crippen LogP) is 7.14. The second-order valence-electron chi connectivity index (χ2n) is 19.2. The Kier molecular flexibility index (Phi) is 14.5. The molecule has 75 heavy (non-hydrogen) atoms. The molecule has 1 saturated heterocycles. The number of pyridine rings is 1. The van der Waals surface area contributed by atoms with Crippen molar-refractivity contribution < 1.29 is 61.0 Å². The van der Waals surface area contributed by atoms with Crippen LogP contribution in [0.1, 0.15) is 76.3 Å². The van der Waals surface area contributed by atoms with Crippen molar-refractivity contribution in [3.63, 3.8) is 0 Å². The Labute approximate surface area is 441 Å². The predicted molar refractivity (Wildman–Crippen MR) is 283 cm³/mol. The highest BCUT2D eigenvalue weighted by molar-refractivity contribution is 8.77. The number of aliphatic hydroxyl groups is 1. The van der Waals surface area contributed by atoms with Gasteiger partial charge >= 0.3 is 5.97 Å². The molecule has 3 amide bonds. The lowest BCUT2D eigenvalue weighted by atomic mass is 10.1. The van der Waals surface area contributed by atoms with Gasteiger partial charge in [-0.05, 0) is 74.2 Å². The lowest BCUT2D eigenvalue weighted by Crippen LogP contribution is -2.45. The maximum atomic E-state index is 14.7. The summed E-state index contributed by atoms with van der Waals surface area (Å²) in [6.07, 6.45) is 1.32. The topological polar surface area (TPSA) is 227 Å². The van der Waals surface area contributed by atoms with Gasteiger partial charge in [0.25, 0.3) is 27.8 Å². The highest BCUT2D eigenvalue weighted by atomic mass is 33.1. The normalized spacial score (nSPS) is 19.1.